The van der Waals surface area contributed by atoms with Crippen LogP contribution >= 0.6 is 11.3 Å². The zero-order chi connectivity index (χ0) is 19.7. The highest BCUT2D eigenvalue weighted by Crippen LogP contribution is 2.33. The Hall–Kier alpha value is -3.73. The number of aromatic nitrogens is 5. The first kappa shape index (κ1) is 17.7. The number of aromatic amines is 1. The van der Waals surface area contributed by atoms with Gasteiger partial charge < -0.3 is 26.3 Å². The molecule has 142 valence electrons. The minimum Gasteiger partial charge on any atom is -0.384 e. The topological polar surface area (TPSA) is 150 Å². The van der Waals surface area contributed by atoms with Crippen molar-refractivity contribution in [1.82, 2.24) is 30.0 Å². The molecule has 0 radical (unpaired) electrons. The molecule has 0 aliphatic rings. The van der Waals surface area contributed by atoms with Crippen molar-refractivity contribution < 1.29 is 4.79 Å². The summed E-state index contributed by atoms with van der Waals surface area (Å²) in [7, 11) is 1.75. The Kier molecular flexibility index (Phi) is 4.49. The fourth-order valence-electron chi connectivity index (χ4n) is 2.84. The van der Waals surface area contributed by atoms with E-state index in [1.165, 1.54) is 17.6 Å². The molecule has 0 aliphatic carbocycles. The van der Waals surface area contributed by atoms with E-state index >= 15 is 0 Å². The monoisotopic (exact) mass is 395 g/mol. The van der Waals surface area contributed by atoms with Crippen LogP contribution in [0.3, 0.4) is 0 Å². The zero-order valence-corrected chi connectivity index (χ0v) is 15.7. The lowest BCUT2D eigenvalue weighted by molar-refractivity contribution is 0.0942. The number of fused-ring (bicyclic) bond motifs is 1. The molecule has 10 nitrogen and oxygen atoms in total. The Balaban J connectivity index is 1.63. The summed E-state index contributed by atoms with van der Waals surface area (Å²) < 4.78 is 2.43. The van der Waals surface area contributed by atoms with Crippen molar-refractivity contribution in [2.24, 2.45) is 7.05 Å². The molecule has 0 saturated carbocycles. The van der Waals surface area contributed by atoms with Gasteiger partial charge in [-0.05, 0) is 18.2 Å². The molecule has 6 N–H and O–H groups in total. The number of hydrogen-bond acceptors (Lipinski definition) is 8. The van der Waals surface area contributed by atoms with Gasteiger partial charge in [0, 0.05) is 25.0 Å². The first-order valence-electron chi connectivity index (χ1n) is 8.32. The molecule has 4 aromatic heterocycles. The highest BCUT2D eigenvalue weighted by atomic mass is 32.1. The maximum absolute atomic E-state index is 12.7. The van der Waals surface area contributed by atoms with Crippen LogP contribution in [-0.2, 0) is 13.6 Å². The molecule has 11 heteroatoms. The van der Waals surface area contributed by atoms with E-state index in [-0.39, 0.29) is 5.91 Å². The van der Waals surface area contributed by atoms with Gasteiger partial charge in [-0.2, -0.15) is 5.10 Å². The van der Waals surface area contributed by atoms with Gasteiger partial charge in [0.25, 0.3) is 5.91 Å². The molecule has 0 spiro atoms. The number of carbonyl (C=O) groups excluding carboxylic acids is 1. The maximum atomic E-state index is 12.7. The van der Waals surface area contributed by atoms with Crippen LogP contribution in [0.1, 0.15) is 21.7 Å². The lowest BCUT2D eigenvalue weighted by Crippen LogP contribution is -2.26. The fourth-order valence-corrected chi connectivity index (χ4v) is 3.86. The third-order valence-electron chi connectivity index (χ3n) is 4.12. The number of nitrogen functional groups attached to an aromatic ring is 1. The van der Waals surface area contributed by atoms with Crippen LogP contribution in [0, 0.1) is 5.41 Å². The molecule has 4 rings (SSSR count). The van der Waals surface area contributed by atoms with Crippen molar-refractivity contribution in [2.45, 2.75) is 6.54 Å². The van der Waals surface area contributed by atoms with Gasteiger partial charge in [0.2, 0.25) is 0 Å². The number of H-pyrrole nitrogens is 1. The van der Waals surface area contributed by atoms with E-state index in [1.807, 2.05) is 0 Å². The van der Waals surface area contributed by atoms with Gasteiger partial charge in [-0.1, -0.05) is 17.4 Å². The molecule has 0 fully saturated rings. The van der Waals surface area contributed by atoms with Crippen molar-refractivity contribution in [3.05, 3.63) is 47.4 Å². The molecule has 0 bridgehead atoms. The minimum atomic E-state index is -0.284. The van der Waals surface area contributed by atoms with Crippen LogP contribution in [0.25, 0.3) is 10.3 Å². The summed E-state index contributed by atoms with van der Waals surface area (Å²) in [6.45, 7) is 0.316. The minimum absolute atomic E-state index is 0.284. The number of rotatable bonds is 6. The quantitative estimate of drug-likeness (QED) is 0.315. The van der Waals surface area contributed by atoms with E-state index in [4.69, 9.17) is 11.1 Å². The molecule has 1 amide bonds. The molecule has 0 atom stereocenters. The average Bonchev–Trinajstić information content (AvgIpc) is 3.37. The highest BCUT2D eigenvalue weighted by molar-refractivity contribution is 7.22. The average molecular weight is 395 g/mol. The molecular weight excluding hydrogens is 378 g/mol. The second-order valence-corrected chi connectivity index (χ2v) is 6.97. The molecule has 0 unspecified atom stereocenters. The molecule has 0 aromatic carbocycles. The van der Waals surface area contributed by atoms with E-state index in [2.05, 4.69) is 30.8 Å². The van der Waals surface area contributed by atoms with E-state index in [1.54, 1.807) is 42.1 Å². The fraction of sp³-hybridized carbons (Fsp3) is 0.118. The predicted octanol–water partition coefficient (Wildman–Crippen LogP) is 2.01. The zero-order valence-electron chi connectivity index (χ0n) is 14.9. The summed E-state index contributed by atoms with van der Waals surface area (Å²) >= 11 is 1.35. The Morgan fingerprint density at radius 2 is 2.25 bits per heavy atom. The highest BCUT2D eigenvalue weighted by Gasteiger charge is 2.23. The number of nitrogens with two attached hydrogens (primary N) is 1. The van der Waals surface area contributed by atoms with Crippen LogP contribution in [0.4, 0.5) is 16.8 Å². The summed E-state index contributed by atoms with van der Waals surface area (Å²) in [4.78, 5) is 21.4. The molecular formula is C17H17N9OS. The van der Waals surface area contributed by atoms with Gasteiger partial charge >= 0.3 is 0 Å². The summed E-state index contributed by atoms with van der Waals surface area (Å²) in [6, 6.07) is 7.06. The summed E-state index contributed by atoms with van der Waals surface area (Å²) in [5, 5.41) is 21.0. The van der Waals surface area contributed by atoms with E-state index in [0.717, 1.165) is 10.4 Å². The number of aryl methyl sites for hydroxylation is 1. The predicted molar refractivity (Wildman–Crippen MR) is 108 cm³/mol. The van der Waals surface area contributed by atoms with E-state index < -0.39 is 0 Å². The second kappa shape index (κ2) is 7.12. The number of hydrogen-bond donors (Lipinski definition) is 5. The van der Waals surface area contributed by atoms with Crippen LogP contribution in [0.5, 0.6) is 0 Å². The maximum Gasteiger partial charge on any atom is 0.269 e. The number of anilines is 3. The molecule has 28 heavy (non-hydrogen) atoms. The van der Waals surface area contributed by atoms with E-state index in [0.29, 0.717) is 40.2 Å². The van der Waals surface area contributed by atoms with Crippen molar-refractivity contribution in [3.8, 4) is 0 Å². The third kappa shape index (κ3) is 3.18. The van der Waals surface area contributed by atoms with E-state index in [9.17, 15) is 4.79 Å². The van der Waals surface area contributed by atoms with Gasteiger partial charge in [-0.15, -0.1) is 0 Å². The Bertz CT molecular complexity index is 1160. The second-order valence-electron chi connectivity index (χ2n) is 5.97. The van der Waals surface area contributed by atoms with Gasteiger partial charge in [0.1, 0.15) is 17.3 Å². The van der Waals surface area contributed by atoms with Crippen LogP contribution in [-0.4, -0.2) is 36.9 Å². The SMILES string of the molecule is Cn1c(C(=O)NCc2ccn[nH]2)c(C=N)c2sc(Nc3cccc(N)n3)nc21. The standard InChI is InChI=1S/C17H17N9OS/c1-26-13(16(27)20-8-9-5-6-21-25-9)10(7-18)14-15(26)24-17(28-14)23-12-4-2-3-11(19)22-12/h2-7,18H,8H2,1H3,(H,20,27)(H,21,25)(H3,19,22,23,24). The first-order chi connectivity index (χ1) is 13.6. The lowest BCUT2D eigenvalue weighted by Gasteiger charge is -2.07. The van der Waals surface area contributed by atoms with Crippen LogP contribution in [0.2, 0.25) is 0 Å². The number of amides is 1. The smallest absolute Gasteiger partial charge is 0.269 e. The summed E-state index contributed by atoms with van der Waals surface area (Å²) in [5.74, 6) is 0.698. The van der Waals surface area contributed by atoms with Gasteiger partial charge in [-0.25, -0.2) is 9.97 Å². The number of nitrogens with zero attached hydrogens (tertiary/aromatic N) is 4. The lowest BCUT2D eigenvalue weighted by atomic mass is 10.2. The number of thiazole rings is 1. The summed E-state index contributed by atoms with van der Waals surface area (Å²) in [6.07, 6.45) is 2.80. The molecule has 4 aromatic rings. The Morgan fingerprint density at radius 3 is 2.96 bits per heavy atom. The normalized spacial score (nSPS) is 10.9. The Morgan fingerprint density at radius 1 is 1.39 bits per heavy atom. The number of nitrogens with one attached hydrogen (secondary N) is 4. The van der Waals surface area contributed by atoms with Crippen molar-refractivity contribution in [1.29, 1.82) is 5.41 Å². The molecule has 0 saturated heterocycles. The van der Waals surface area contributed by atoms with Crippen molar-refractivity contribution in [2.75, 3.05) is 11.1 Å². The third-order valence-corrected chi connectivity index (χ3v) is 5.12. The number of carbonyl (C=O) groups is 1. The first-order valence-corrected chi connectivity index (χ1v) is 9.14. The van der Waals surface area contributed by atoms with Gasteiger partial charge in [0.15, 0.2) is 10.8 Å². The van der Waals surface area contributed by atoms with Gasteiger partial charge in [-0.3, -0.25) is 9.89 Å². The number of pyridine rings is 1. The largest absolute Gasteiger partial charge is 0.384 e. The summed E-state index contributed by atoms with van der Waals surface area (Å²) in [5.41, 5.74) is 8.01. The van der Waals surface area contributed by atoms with Gasteiger partial charge in [0.05, 0.1) is 16.9 Å². The van der Waals surface area contributed by atoms with Crippen molar-refractivity contribution in [3.63, 3.8) is 0 Å². The van der Waals surface area contributed by atoms with Crippen LogP contribution in [0.15, 0.2) is 30.5 Å². The molecule has 0 aliphatic heterocycles. The Labute approximate surface area is 163 Å². The van der Waals surface area contributed by atoms with Crippen molar-refractivity contribution >= 4 is 50.6 Å². The molecule has 4 heterocycles. The van der Waals surface area contributed by atoms with Crippen LogP contribution < -0.4 is 16.4 Å².